The van der Waals surface area contributed by atoms with Crippen molar-refractivity contribution in [2.45, 2.75) is 0 Å². The van der Waals surface area contributed by atoms with Gasteiger partial charge in [0.1, 0.15) is 0 Å². The van der Waals surface area contributed by atoms with Gasteiger partial charge in [-0.25, -0.2) is 4.79 Å². The van der Waals surface area contributed by atoms with E-state index in [0.29, 0.717) is 11.0 Å². The summed E-state index contributed by atoms with van der Waals surface area (Å²) in [5, 5.41) is 12.9. The Morgan fingerprint density at radius 2 is 2.31 bits per heavy atom. The van der Waals surface area contributed by atoms with Gasteiger partial charge in [-0.2, -0.15) is 0 Å². The summed E-state index contributed by atoms with van der Waals surface area (Å²) in [4.78, 5) is 10.8. The lowest BCUT2D eigenvalue weighted by atomic mass is 10.1. The molecule has 2 rings (SSSR count). The summed E-state index contributed by atoms with van der Waals surface area (Å²) in [5.41, 5.74) is 0.446. The first-order valence-corrected chi connectivity index (χ1v) is 3.84. The summed E-state index contributed by atoms with van der Waals surface area (Å²) in [6.07, 6.45) is 1.34. The Bertz CT molecular complexity index is 477. The Kier molecular flexibility index (Phi) is 1.70. The Morgan fingerprint density at radius 1 is 1.54 bits per heavy atom. The molecule has 1 aromatic heterocycles. The van der Waals surface area contributed by atoms with E-state index in [1.165, 1.54) is 12.3 Å². The van der Waals surface area contributed by atoms with E-state index in [-0.39, 0.29) is 10.6 Å². The van der Waals surface area contributed by atoms with E-state index in [2.05, 4.69) is 5.16 Å². The molecular weight excluding hydrogens is 194 g/mol. The topological polar surface area (TPSA) is 63.3 Å². The Labute approximate surface area is 77.7 Å². The van der Waals surface area contributed by atoms with Crippen LogP contribution in [0.2, 0.25) is 5.02 Å². The van der Waals surface area contributed by atoms with Crippen LogP contribution in [0.4, 0.5) is 0 Å². The number of benzene rings is 1. The number of carbonyl (C=O) groups is 1. The molecule has 66 valence electrons. The van der Waals surface area contributed by atoms with E-state index in [1.807, 2.05) is 0 Å². The normalized spacial score (nSPS) is 10.5. The second kappa shape index (κ2) is 2.74. The predicted molar refractivity (Wildman–Crippen MR) is 46.0 cm³/mol. The van der Waals surface area contributed by atoms with Gasteiger partial charge in [-0.15, -0.1) is 0 Å². The molecule has 0 radical (unpaired) electrons. The van der Waals surface area contributed by atoms with Gasteiger partial charge < -0.3 is 9.63 Å². The fraction of sp³-hybridized carbons (Fsp3) is 0. The molecule has 0 atom stereocenters. The molecule has 0 aliphatic heterocycles. The average molecular weight is 198 g/mol. The smallest absolute Gasteiger partial charge is 0.338 e. The fourth-order valence-electron chi connectivity index (χ4n) is 1.13. The first kappa shape index (κ1) is 8.07. The quantitative estimate of drug-likeness (QED) is 0.761. The molecule has 0 aliphatic carbocycles. The van der Waals surface area contributed by atoms with E-state index in [4.69, 9.17) is 21.2 Å². The molecule has 0 saturated carbocycles. The predicted octanol–water partition coefficient (Wildman–Crippen LogP) is 2.18. The highest BCUT2D eigenvalue weighted by Crippen LogP contribution is 2.25. The minimum Gasteiger partial charge on any atom is -0.478 e. The van der Waals surface area contributed by atoms with E-state index >= 15 is 0 Å². The third-order valence-electron chi connectivity index (χ3n) is 1.70. The highest BCUT2D eigenvalue weighted by atomic mass is 35.5. The van der Waals surface area contributed by atoms with E-state index in [1.54, 1.807) is 6.07 Å². The maximum atomic E-state index is 10.8. The third kappa shape index (κ3) is 1.15. The van der Waals surface area contributed by atoms with Crippen molar-refractivity contribution in [1.29, 1.82) is 0 Å². The molecule has 0 bridgehead atoms. The van der Waals surface area contributed by atoms with Gasteiger partial charge in [0, 0.05) is 0 Å². The van der Waals surface area contributed by atoms with E-state index in [9.17, 15) is 4.79 Å². The van der Waals surface area contributed by atoms with Gasteiger partial charge in [0.25, 0.3) is 0 Å². The first-order valence-electron chi connectivity index (χ1n) is 3.46. The number of fused-ring (bicyclic) bond motifs is 1. The number of carboxylic acids is 1. The van der Waals surface area contributed by atoms with Crippen molar-refractivity contribution in [3.8, 4) is 0 Å². The molecule has 5 heteroatoms. The largest absolute Gasteiger partial charge is 0.478 e. The molecule has 0 aliphatic rings. The summed E-state index contributed by atoms with van der Waals surface area (Å²) in [5.74, 6) is -1.08. The maximum Gasteiger partial charge on any atom is 0.338 e. The van der Waals surface area contributed by atoms with Gasteiger partial charge in [0.15, 0.2) is 5.58 Å². The molecule has 0 spiro atoms. The van der Waals surface area contributed by atoms with Crippen LogP contribution in [0.5, 0.6) is 0 Å². The van der Waals surface area contributed by atoms with Crippen molar-refractivity contribution in [3.63, 3.8) is 0 Å². The van der Waals surface area contributed by atoms with Crippen molar-refractivity contribution >= 4 is 28.5 Å². The second-order valence-corrected chi connectivity index (χ2v) is 2.87. The number of aromatic nitrogens is 1. The van der Waals surface area contributed by atoms with Gasteiger partial charge in [-0.05, 0) is 12.1 Å². The van der Waals surface area contributed by atoms with Crippen LogP contribution in [0.1, 0.15) is 10.4 Å². The fourth-order valence-corrected chi connectivity index (χ4v) is 1.38. The molecule has 1 N–H and O–H groups in total. The molecule has 0 unspecified atom stereocenters. The molecule has 0 saturated heterocycles. The Morgan fingerprint density at radius 3 is 3.00 bits per heavy atom. The molecule has 4 nitrogen and oxygen atoms in total. The molecular formula is C8H4ClNO3. The van der Waals surface area contributed by atoms with Crippen LogP contribution in [0.25, 0.3) is 11.0 Å². The second-order valence-electron chi connectivity index (χ2n) is 2.47. The number of nitrogens with zero attached hydrogens (tertiary/aromatic N) is 1. The number of rotatable bonds is 1. The van der Waals surface area contributed by atoms with Gasteiger partial charge in [0.2, 0.25) is 0 Å². The zero-order valence-corrected chi connectivity index (χ0v) is 7.08. The SMILES string of the molecule is O=C(O)c1c(Cl)ccc2oncc12. The lowest BCUT2D eigenvalue weighted by Crippen LogP contribution is -1.97. The minimum atomic E-state index is -1.08. The van der Waals surface area contributed by atoms with Crippen molar-refractivity contribution in [2.75, 3.05) is 0 Å². The molecule has 1 aromatic carbocycles. The monoisotopic (exact) mass is 197 g/mol. The van der Waals surface area contributed by atoms with Crippen LogP contribution in [0.15, 0.2) is 22.9 Å². The lowest BCUT2D eigenvalue weighted by Gasteiger charge is -1.97. The minimum absolute atomic E-state index is 0.0282. The number of halogens is 1. The van der Waals surface area contributed by atoms with Crippen molar-refractivity contribution in [3.05, 3.63) is 28.9 Å². The van der Waals surface area contributed by atoms with Gasteiger partial charge in [0.05, 0.1) is 22.2 Å². The number of aromatic carboxylic acids is 1. The molecule has 0 fully saturated rings. The first-order chi connectivity index (χ1) is 6.20. The van der Waals surface area contributed by atoms with Gasteiger partial charge >= 0.3 is 5.97 Å². The molecule has 13 heavy (non-hydrogen) atoms. The lowest BCUT2D eigenvalue weighted by molar-refractivity contribution is 0.0699. The van der Waals surface area contributed by atoms with Gasteiger partial charge in [-0.3, -0.25) is 0 Å². The zero-order chi connectivity index (χ0) is 9.42. The van der Waals surface area contributed by atoms with Crippen LogP contribution in [-0.2, 0) is 0 Å². The molecule has 2 aromatic rings. The van der Waals surface area contributed by atoms with Crippen molar-refractivity contribution in [1.82, 2.24) is 5.16 Å². The number of hydrogen-bond donors (Lipinski definition) is 1. The zero-order valence-electron chi connectivity index (χ0n) is 6.32. The Hall–Kier alpha value is -1.55. The highest BCUT2D eigenvalue weighted by Gasteiger charge is 2.15. The molecule has 0 amide bonds. The summed E-state index contributed by atoms with van der Waals surface area (Å²) < 4.78 is 4.79. The Balaban J connectivity index is 2.88. The molecule has 1 heterocycles. The van der Waals surface area contributed by atoms with Crippen LogP contribution in [0, 0.1) is 0 Å². The van der Waals surface area contributed by atoms with Crippen molar-refractivity contribution in [2.24, 2.45) is 0 Å². The highest BCUT2D eigenvalue weighted by molar-refractivity contribution is 6.35. The maximum absolute atomic E-state index is 10.8. The average Bonchev–Trinajstić information content (AvgIpc) is 2.50. The van der Waals surface area contributed by atoms with Crippen LogP contribution in [0.3, 0.4) is 0 Å². The van der Waals surface area contributed by atoms with Crippen molar-refractivity contribution < 1.29 is 14.4 Å². The summed E-state index contributed by atoms with van der Waals surface area (Å²) in [6.45, 7) is 0. The van der Waals surface area contributed by atoms with Gasteiger partial charge in [-0.1, -0.05) is 16.8 Å². The third-order valence-corrected chi connectivity index (χ3v) is 2.02. The summed E-state index contributed by atoms with van der Waals surface area (Å²) >= 11 is 5.70. The van der Waals surface area contributed by atoms with Crippen LogP contribution >= 0.6 is 11.6 Å². The number of carboxylic acid groups (broad SMARTS) is 1. The summed E-state index contributed by atoms with van der Waals surface area (Å²) in [7, 11) is 0. The summed E-state index contributed by atoms with van der Waals surface area (Å²) in [6, 6.07) is 3.05. The standard InChI is InChI=1S/C8H4ClNO3/c9-5-1-2-6-4(3-10-13-6)7(5)8(11)12/h1-3H,(H,11,12). The van der Waals surface area contributed by atoms with E-state index in [0.717, 1.165) is 0 Å². The van der Waals surface area contributed by atoms with Crippen LogP contribution in [-0.4, -0.2) is 16.2 Å². The van der Waals surface area contributed by atoms with E-state index < -0.39 is 5.97 Å². The van der Waals surface area contributed by atoms with Crippen LogP contribution < -0.4 is 0 Å². The number of hydrogen-bond acceptors (Lipinski definition) is 3.